The monoisotopic (exact) mass is 460 g/mol. The molecule has 0 saturated carbocycles. The van der Waals surface area contributed by atoms with E-state index in [1.54, 1.807) is 23.1 Å². The lowest BCUT2D eigenvalue weighted by molar-refractivity contribution is 0.0648. The number of likely N-dealkylation sites (tertiary alicyclic amines) is 1. The number of benzene rings is 2. The van der Waals surface area contributed by atoms with E-state index in [9.17, 15) is 14.4 Å². The topological polar surface area (TPSA) is 87.0 Å². The Kier molecular flexibility index (Phi) is 5.91. The molecule has 2 aromatic carbocycles. The third-order valence-electron chi connectivity index (χ3n) is 6.65. The van der Waals surface area contributed by atoms with Gasteiger partial charge in [-0.1, -0.05) is 12.1 Å². The Bertz CT molecular complexity index is 1220. The van der Waals surface area contributed by atoms with Crippen molar-refractivity contribution in [2.24, 2.45) is 0 Å². The van der Waals surface area contributed by atoms with Crippen LogP contribution in [-0.4, -0.2) is 77.7 Å². The molecule has 3 amide bonds. The number of rotatable bonds is 6. The summed E-state index contributed by atoms with van der Waals surface area (Å²) in [6.45, 7) is 2.33. The maximum Gasteiger partial charge on any atom is 0.261 e. The summed E-state index contributed by atoms with van der Waals surface area (Å²) in [4.78, 5) is 48.4. The molecule has 1 aromatic heterocycles. The number of hydrogen-bond acceptors (Lipinski definition) is 6. The van der Waals surface area contributed by atoms with Gasteiger partial charge in [-0.2, -0.15) is 0 Å². The molecule has 0 unspecified atom stereocenters. The van der Waals surface area contributed by atoms with Gasteiger partial charge >= 0.3 is 0 Å². The van der Waals surface area contributed by atoms with E-state index < -0.39 is 0 Å². The summed E-state index contributed by atoms with van der Waals surface area (Å²) in [5.41, 5.74) is 2.77. The van der Waals surface area contributed by atoms with Crippen LogP contribution in [0.3, 0.4) is 0 Å². The Morgan fingerprint density at radius 2 is 1.79 bits per heavy atom. The van der Waals surface area contributed by atoms with Gasteiger partial charge in [-0.25, -0.2) is 4.98 Å². The molecule has 0 atom stereocenters. The largest absolute Gasteiger partial charge is 0.440 e. The first-order valence-corrected chi connectivity index (χ1v) is 11.7. The summed E-state index contributed by atoms with van der Waals surface area (Å²) >= 11 is 0. The molecular formula is C26H28N4O4. The van der Waals surface area contributed by atoms with Crippen molar-refractivity contribution in [2.45, 2.75) is 25.2 Å². The quantitative estimate of drug-likeness (QED) is 0.524. The average Bonchev–Trinajstić information content (AvgIpc) is 3.38. The number of fused-ring (bicyclic) bond motifs is 2. The number of imide groups is 1. The number of aromatic nitrogens is 1. The van der Waals surface area contributed by atoms with Gasteiger partial charge in [0, 0.05) is 31.1 Å². The number of carbonyl (C=O) groups is 3. The predicted molar refractivity (Wildman–Crippen MR) is 127 cm³/mol. The fourth-order valence-corrected chi connectivity index (χ4v) is 4.75. The lowest BCUT2D eigenvalue weighted by Crippen LogP contribution is -2.38. The number of para-hydroxylation sites is 2. The Morgan fingerprint density at radius 3 is 2.53 bits per heavy atom. The van der Waals surface area contributed by atoms with Gasteiger partial charge in [0.15, 0.2) is 11.5 Å². The summed E-state index contributed by atoms with van der Waals surface area (Å²) < 4.78 is 5.92. The van der Waals surface area contributed by atoms with E-state index >= 15 is 0 Å². The molecule has 3 aromatic rings. The van der Waals surface area contributed by atoms with Crippen LogP contribution < -0.4 is 0 Å². The van der Waals surface area contributed by atoms with E-state index in [4.69, 9.17) is 4.42 Å². The standard InChI is InChI=1S/C26H28N4O4/c1-28(2)12-5-13-30-25(32)19-9-8-18(16-20(19)26(30)33)24(31)29-14-10-17(11-15-29)23-27-21-6-3-4-7-22(21)34-23/h3-4,6-9,16-17H,5,10-15H2,1-2H3. The van der Waals surface area contributed by atoms with Crippen LogP contribution >= 0.6 is 0 Å². The predicted octanol–water partition coefficient (Wildman–Crippen LogP) is 3.40. The smallest absolute Gasteiger partial charge is 0.261 e. The molecule has 2 aliphatic rings. The number of amides is 3. The molecule has 34 heavy (non-hydrogen) atoms. The highest BCUT2D eigenvalue weighted by atomic mass is 16.3. The maximum absolute atomic E-state index is 13.2. The van der Waals surface area contributed by atoms with Gasteiger partial charge in [0.05, 0.1) is 11.1 Å². The van der Waals surface area contributed by atoms with Crippen LogP contribution in [0.1, 0.15) is 62.1 Å². The van der Waals surface area contributed by atoms with E-state index in [0.29, 0.717) is 42.7 Å². The molecule has 0 aliphatic carbocycles. The molecule has 3 heterocycles. The van der Waals surface area contributed by atoms with Crippen molar-refractivity contribution in [3.63, 3.8) is 0 Å². The first kappa shape index (κ1) is 22.3. The zero-order valence-corrected chi connectivity index (χ0v) is 19.5. The fourth-order valence-electron chi connectivity index (χ4n) is 4.75. The summed E-state index contributed by atoms with van der Waals surface area (Å²) in [6.07, 6.45) is 2.24. The van der Waals surface area contributed by atoms with Crippen molar-refractivity contribution in [3.05, 3.63) is 65.0 Å². The number of oxazole rings is 1. The van der Waals surface area contributed by atoms with Crippen molar-refractivity contribution in [1.82, 2.24) is 19.7 Å². The Morgan fingerprint density at radius 1 is 1.06 bits per heavy atom. The van der Waals surface area contributed by atoms with Crippen LogP contribution in [0.5, 0.6) is 0 Å². The molecule has 0 N–H and O–H groups in total. The molecule has 2 aliphatic heterocycles. The molecule has 0 bridgehead atoms. The third-order valence-corrected chi connectivity index (χ3v) is 6.65. The maximum atomic E-state index is 13.2. The van der Waals surface area contributed by atoms with Crippen LogP contribution in [0.15, 0.2) is 46.9 Å². The van der Waals surface area contributed by atoms with Crippen molar-refractivity contribution >= 4 is 28.8 Å². The van der Waals surface area contributed by atoms with Crippen LogP contribution in [0, 0.1) is 0 Å². The third kappa shape index (κ3) is 4.09. The van der Waals surface area contributed by atoms with E-state index in [0.717, 1.165) is 36.4 Å². The van der Waals surface area contributed by atoms with Crippen molar-refractivity contribution < 1.29 is 18.8 Å². The molecule has 1 fully saturated rings. The zero-order valence-electron chi connectivity index (χ0n) is 19.5. The normalized spacial score (nSPS) is 16.7. The molecule has 1 saturated heterocycles. The van der Waals surface area contributed by atoms with Gasteiger partial charge in [0.25, 0.3) is 17.7 Å². The average molecular weight is 461 g/mol. The first-order chi connectivity index (χ1) is 16.4. The summed E-state index contributed by atoms with van der Waals surface area (Å²) in [7, 11) is 3.91. The second-order valence-corrected chi connectivity index (χ2v) is 9.27. The van der Waals surface area contributed by atoms with E-state index in [-0.39, 0.29) is 23.6 Å². The SMILES string of the molecule is CN(C)CCCN1C(=O)c2ccc(C(=O)N3CCC(c4nc5ccccc5o4)CC3)cc2C1=O. The van der Waals surface area contributed by atoms with Gasteiger partial charge in [-0.15, -0.1) is 0 Å². The molecule has 0 spiro atoms. The minimum atomic E-state index is -0.317. The minimum Gasteiger partial charge on any atom is -0.440 e. The second-order valence-electron chi connectivity index (χ2n) is 9.27. The number of carbonyl (C=O) groups excluding carboxylic acids is 3. The van der Waals surface area contributed by atoms with E-state index in [2.05, 4.69) is 4.98 Å². The van der Waals surface area contributed by atoms with Gasteiger partial charge in [0.2, 0.25) is 0 Å². The second kappa shape index (κ2) is 9.02. The highest BCUT2D eigenvalue weighted by Gasteiger charge is 2.36. The van der Waals surface area contributed by atoms with Crippen molar-refractivity contribution in [3.8, 4) is 0 Å². The highest BCUT2D eigenvalue weighted by Crippen LogP contribution is 2.31. The van der Waals surface area contributed by atoms with Crippen LogP contribution in [0.2, 0.25) is 0 Å². The van der Waals surface area contributed by atoms with Crippen LogP contribution in [0.4, 0.5) is 0 Å². The minimum absolute atomic E-state index is 0.120. The zero-order chi connectivity index (χ0) is 23.8. The molecular weight excluding hydrogens is 432 g/mol. The van der Waals surface area contributed by atoms with Gasteiger partial charge in [0.1, 0.15) is 5.52 Å². The Balaban J connectivity index is 1.24. The Labute approximate surface area is 198 Å². The van der Waals surface area contributed by atoms with Gasteiger partial charge in [-0.3, -0.25) is 19.3 Å². The lowest BCUT2D eigenvalue weighted by Gasteiger charge is -2.30. The summed E-state index contributed by atoms with van der Waals surface area (Å²) in [6, 6.07) is 12.6. The van der Waals surface area contributed by atoms with Crippen LogP contribution in [-0.2, 0) is 0 Å². The van der Waals surface area contributed by atoms with E-state index in [1.165, 1.54) is 4.90 Å². The molecule has 0 radical (unpaired) electrons. The Hall–Kier alpha value is -3.52. The van der Waals surface area contributed by atoms with Crippen molar-refractivity contribution in [2.75, 3.05) is 40.3 Å². The highest BCUT2D eigenvalue weighted by molar-refractivity contribution is 6.22. The number of nitrogens with zero attached hydrogens (tertiary/aromatic N) is 4. The first-order valence-electron chi connectivity index (χ1n) is 11.7. The summed E-state index contributed by atoms with van der Waals surface area (Å²) in [5.74, 6) is 0.181. The van der Waals surface area contributed by atoms with Crippen LogP contribution in [0.25, 0.3) is 11.1 Å². The van der Waals surface area contributed by atoms with Gasteiger partial charge in [-0.05, 0) is 70.2 Å². The fraction of sp³-hybridized carbons (Fsp3) is 0.385. The number of piperidine rings is 1. The molecule has 8 nitrogen and oxygen atoms in total. The lowest BCUT2D eigenvalue weighted by atomic mass is 9.96. The van der Waals surface area contributed by atoms with Crippen molar-refractivity contribution in [1.29, 1.82) is 0 Å². The molecule has 5 rings (SSSR count). The molecule has 8 heteroatoms. The molecule has 176 valence electrons. The summed E-state index contributed by atoms with van der Waals surface area (Å²) in [5, 5.41) is 0. The number of hydrogen-bond donors (Lipinski definition) is 0. The van der Waals surface area contributed by atoms with E-state index in [1.807, 2.05) is 43.3 Å². The van der Waals surface area contributed by atoms with Gasteiger partial charge < -0.3 is 14.2 Å².